The maximum atomic E-state index is 12.1. The Bertz CT molecular complexity index is 240. The molecule has 0 aliphatic heterocycles. The van der Waals surface area contributed by atoms with Gasteiger partial charge in [0.05, 0.1) is 6.10 Å². The third-order valence-corrected chi connectivity index (χ3v) is 3.54. The topological polar surface area (TPSA) is 75.3 Å². The number of carbonyl (C=O) groups excluding carboxylic acids is 1. The predicted octanol–water partition coefficient (Wildman–Crippen LogP) is 0.885. The van der Waals surface area contributed by atoms with E-state index in [1.807, 2.05) is 0 Å². The number of rotatable bonds is 7. The van der Waals surface area contributed by atoms with Gasteiger partial charge in [0.25, 0.3) is 0 Å². The molecule has 1 rings (SSSR count). The molecule has 4 nitrogen and oxygen atoms in total. The number of aliphatic hydroxyl groups is 1. The molecular weight excluding hydrogens is 216 g/mol. The van der Waals surface area contributed by atoms with Crippen LogP contribution in [0.3, 0.4) is 0 Å². The highest BCUT2D eigenvalue weighted by Crippen LogP contribution is 2.35. The second-order valence-electron chi connectivity index (χ2n) is 5.56. The van der Waals surface area contributed by atoms with E-state index in [4.69, 9.17) is 5.73 Å². The Hall–Kier alpha value is -0.610. The van der Waals surface area contributed by atoms with E-state index < -0.39 is 6.10 Å². The molecule has 1 amide bonds. The number of carbonyl (C=O) groups is 1. The minimum Gasteiger partial charge on any atom is -0.392 e. The molecule has 0 spiro atoms. The van der Waals surface area contributed by atoms with Crippen LogP contribution in [-0.2, 0) is 4.79 Å². The van der Waals surface area contributed by atoms with Gasteiger partial charge in [0, 0.05) is 19.0 Å². The van der Waals surface area contributed by atoms with Gasteiger partial charge in [-0.25, -0.2) is 0 Å². The third kappa shape index (κ3) is 4.64. The van der Waals surface area contributed by atoms with E-state index >= 15 is 0 Å². The fraction of sp³-hybridized carbons (Fsp3) is 0.923. The summed E-state index contributed by atoms with van der Waals surface area (Å²) in [6, 6.07) is 0. The third-order valence-electron chi connectivity index (χ3n) is 3.54. The van der Waals surface area contributed by atoms with Gasteiger partial charge in [0.2, 0.25) is 5.91 Å². The maximum Gasteiger partial charge on any atom is 0.223 e. The van der Waals surface area contributed by atoms with E-state index in [-0.39, 0.29) is 18.4 Å². The van der Waals surface area contributed by atoms with Crippen molar-refractivity contribution in [1.29, 1.82) is 0 Å². The average molecular weight is 242 g/mol. The van der Waals surface area contributed by atoms with Crippen LogP contribution in [0.5, 0.6) is 0 Å². The van der Waals surface area contributed by atoms with E-state index in [1.165, 1.54) is 6.42 Å². The molecule has 17 heavy (non-hydrogen) atoms. The van der Waals surface area contributed by atoms with Gasteiger partial charge in [-0.15, -0.1) is 0 Å². The van der Waals surface area contributed by atoms with Crippen LogP contribution < -0.4 is 11.1 Å². The van der Waals surface area contributed by atoms with Crippen LogP contribution in [0.2, 0.25) is 0 Å². The van der Waals surface area contributed by atoms with Crippen LogP contribution in [-0.4, -0.2) is 30.2 Å². The maximum absolute atomic E-state index is 12.1. The molecule has 0 heterocycles. The fourth-order valence-corrected chi connectivity index (χ4v) is 2.18. The highest BCUT2D eigenvalue weighted by molar-refractivity contribution is 5.79. The number of aliphatic hydroxyl groups excluding tert-OH is 1. The first-order valence-corrected chi connectivity index (χ1v) is 6.70. The Kier molecular flexibility index (Phi) is 5.92. The Morgan fingerprint density at radius 1 is 1.47 bits per heavy atom. The second kappa shape index (κ2) is 6.97. The molecule has 0 aromatic rings. The molecule has 0 aromatic heterocycles. The number of hydrogen-bond acceptors (Lipinski definition) is 3. The lowest BCUT2D eigenvalue weighted by molar-refractivity contribution is -0.129. The van der Waals surface area contributed by atoms with E-state index in [9.17, 15) is 9.90 Å². The Morgan fingerprint density at radius 3 is 2.53 bits per heavy atom. The number of hydrogen-bond donors (Lipinski definition) is 3. The zero-order chi connectivity index (χ0) is 12.8. The minimum atomic E-state index is -0.551. The summed E-state index contributed by atoms with van der Waals surface area (Å²) >= 11 is 0. The normalized spacial score (nSPS) is 19.8. The number of amides is 1. The van der Waals surface area contributed by atoms with Crippen molar-refractivity contribution in [2.75, 3.05) is 13.1 Å². The van der Waals surface area contributed by atoms with Crippen molar-refractivity contribution in [2.45, 2.75) is 45.6 Å². The first-order chi connectivity index (χ1) is 8.04. The number of nitrogens with two attached hydrogens (primary N) is 1. The molecule has 1 aliphatic carbocycles. The van der Waals surface area contributed by atoms with Crippen molar-refractivity contribution in [1.82, 2.24) is 5.32 Å². The molecule has 1 saturated carbocycles. The molecule has 0 aromatic carbocycles. The largest absolute Gasteiger partial charge is 0.392 e. The lowest BCUT2D eigenvalue weighted by Gasteiger charge is -2.34. The smallest absolute Gasteiger partial charge is 0.223 e. The van der Waals surface area contributed by atoms with Crippen molar-refractivity contribution in [3.05, 3.63) is 0 Å². The quantitative estimate of drug-likeness (QED) is 0.620. The van der Waals surface area contributed by atoms with Crippen molar-refractivity contribution >= 4 is 5.91 Å². The molecule has 100 valence electrons. The van der Waals surface area contributed by atoms with Crippen LogP contribution in [0, 0.1) is 17.8 Å². The summed E-state index contributed by atoms with van der Waals surface area (Å²) in [6.07, 6.45) is 3.38. The monoisotopic (exact) mass is 242 g/mol. The molecule has 1 fully saturated rings. The molecule has 0 bridgehead atoms. The summed E-state index contributed by atoms with van der Waals surface area (Å²) in [5.41, 5.74) is 5.42. The first-order valence-electron chi connectivity index (χ1n) is 6.70. The highest BCUT2D eigenvalue weighted by Gasteiger charge is 2.33. The van der Waals surface area contributed by atoms with Gasteiger partial charge >= 0.3 is 0 Å². The summed E-state index contributed by atoms with van der Waals surface area (Å²) in [5, 5.41) is 12.6. The number of nitrogens with one attached hydrogen (secondary N) is 1. The Morgan fingerprint density at radius 2 is 2.12 bits per heavy atom. The van der Waals surface area contributed by atoms with Crippen LogP contribution >= 0.6 is 0 Å². The molecule has 2 unspecified atom stereocenters. The first kappa shape index (κ1) is 14.5. The summed E-state index contributed by atoms with van der Waals surface area (Å²) < 4.78 is 0. The molecule has 2 atom stereocenters. The summed E-state index contributed by atoms with van der Waals surface area (Å²) in [7, 11) is 0. The van der Waals surface area contributed by atoms with Crippen molar-refractivity contribution in [3.63, 3.8) is 0 Å². The molecule has 0 radical (unpaired) electrons. The summed E-state index contributed by atoms with van der Waals surface area (Å²) in [5.74, 6) is 0.945. The zero-order valence-electron chi connectivity index (χ0n) is 11.0. The van der Waals surface area contributed by atoms with Crippen molar-refractivity contribution in [2.24, 2.45) is 23.5 Å². The van der Waals surface area contributed by atoms with Gasteiger partial charge in [-0.1, -0.05) is 20.3 Å². The highest BCUT2D eigenvalue weighted by atomic mass is 16.3. The van der Waals surface area contributed by atoms with Gasteiger partial charge < -0.3 is 16.2 Å². The van der Waals surface area contributed by atoms with Gasteiger partial charge in [0.15, 0.2) is 0 Å². The van der Waals surface area contributed by atoms with Gasteiger partial charge in [-0.2, -0.15) is 0 Å². The van der Waals surface area contributed by atoms with Gasteiger partial charge in [0.1, 0.15) is 0 Å². The Balaban J connectivity index is 2.46. The van der Waals surface area contributed by atoms with Gasteiger partial charge in [-0.3, -0.25) is 4.79 Å². The van der Waals surface area contributed by atoms with Crippen LogP contribution in [0.1, 0.15) is 39.5 Å². The van der Waals surface area contributed by atoms with E-state index in [2.05, 4.69) is 19.2 Å². The second-order valence-corrected chi connectivity index (χ2v) is 5.56. The predicted molar refractivity (Wildman–Crippen MR) is 68.4 cm³/mol. The van der Waals surface area contributed by atoms with E-state index in [0.29, 0.717) is 24.8 Å². The van der Waals surface area contributed by atoms with Crippen molar-refractivity contribution < 1.29 is 9.90 Å². The summed E-state index contributed by atoms with van der Waals surface area (Å²) in [6.45, 7) is 5.10. The van der Waals surface area contributed by atoms with Gasteiger partial charge in [-0.05, 0) is 31.1 Å². The fourth-order valence-electron chi connectivity index (χ4n) is 2.18. The molecule has 4 heteroatoms. The van der Waals surface area contributed by atoms with E-state index in [0.717, 1.165) is 12.8 Å². The van der Waals surface area contributed by atoms with Crippen LogP contribution in [0.15, 0.2) is 0 Å². The Labute approximate surface area is 104 Å². The summed E-state index contributed by atoms with van der Waals surface area (Å²) in [4.78, 5) is 12.1. The van der Waals surface area contributed by atoms with E-state index in [1.54, 1.807) is 0 Å². The molecule has 4 N–H and O–H groups in total. The zero-order valence-corrected chi connectivity index (χ0v) is 11.0. The minimum absolute atomic E-state index is 0.0546. The van der Waals surface area contributed by atoms with Crippen LogP contribution in [0.4, 0.5) is 0 Å². The SMILES string of the molecule is CC(C)CNC(=O)C(CC(O)CN)C1CCC1. The molecule has 0 saturated heterocycles. The molecular formula is C13H26N2O2. The van der Waals surface area contributed by atoms with Crippen LogP contribution in [0.25, 0.3) is 0 Å². The molecule has 1 aliphatic rings. The standard InChI is InChI=1S/C13H26N2O2/c1-9(2)8-15-13(17)12(6-11(16)7-14)10-4-3-5-10/h9-12,16H,3-8,14H2,1-2H3,(H,15,17). The van der Waals surface area contributed by atoms with Crippen molar-refractivity contribution in [3.8, 4) is 0 Å². The average Bonchev–Trinajstić information content (AvgIpc) is 2.22. The lowest BCUT2D eigenvalue weighted by atomic mass is 9.73. The lowest BCUT2D eigenvalue weighted by Crippen LogP contribution is -2.41.